The van der Waals surface area contributed by atoms with Crippen molar-refractivity contribution >= 4 is 0 Å². The van der Waals surface area contributed by atoms with Gasteiger partial charge in [-0.15, -0.1) is 0 Å². The van der Waals surface area contributed by atoms with Gasteiger partial charge in [-0.25, -0.2) is 0 Å². The maximum Gasteiger partial charge on any atom is -0.00146 e. The third-order valence-corrected chi connectivity index (χ3v) is 5.16. The molecule has 1 aromatic carbocycles. The summed E-state index contributed by atoms with van der Waals surface area (Å²) in [6, 6.07) is 11.2. The Kier molecular flexibility index (Phi) is 6.29. The molecule has 0 radical (unpaired) electrons. The number of hydrogen-bond acceptors (Lipinski definition) is 1. The Bertz CT molecular complexity index is 394. The molecule has 1 nitrogen and oxygen atoms in total. The Hall–Kier alpha value is -0.820. The molecule has 1 heteroatoms. The lowest BCUT2D eigenvalue weighted by molar-refractivity contribution is 0.189. The highest BCUT2D eigenvalue weighted by Gasteiger charge is 2.32. The molecule has 21 heavy (non-hydrogen) atoms. The van der Waals surface area contributed by atoms with Gasteiger partial charge in [0, 0.05) is 0 Å². The van der Waals surface area contributed by atoms with E-state index in [4.69, 9.17) is 0 Å². The third kappa shape index (κ3) is 4.85. The van der Waals surface area contributed by atoms with Crippen LogP contribution >= 0.6 is 0 Å². The smallest absolute Gasteiger partial charge is 0.00146 e. The van der Waals surface area contributed by atoms with Crippen molar-refractivity contribution < 1.29 is 0 Å². The van der Waals surface area contributed by atoms with Gasteiger partial charge in [-0.1, -0.05) is 58.0 Å². The molecule has 3 atom stereocenters. The molecule has 0 saturated heterocycles. The van der Waals surface area contributed by atoms with E-state index >= 15 is 0 Å². The van der Waals surface area contributed by atoms with Gasteiger partial charge in [0.15, 0.2) is 0 Å². The second-order valence-corrected chi connectivity index (χ2v) is 7.65. The lowest BCUT2D eigenvalue weighted by Gasteiger charge is -2.38. The third-order valence-electron chi connectivity index (χ3n) is 5.16. The number of benzene rings is 1. The quantitative estimate of drug-likeness (QED) is 0.768. The largest absolute Gasteiger partial charge is 0.316 e. The van der Waals surface area contributed by atoms with E-state index in [1.165, 1.54) is 25.8 Å². The summed E-state index contributed by atoms with van der Waals surface area (Å²) in [7, 11) is 0. The summed E-state index contributed by atoms with van der Waals surface area (Å²) in [5, 5.41) is 3.70. The van der Waals surface area contributed by atoms with Crippen LogP contribution in [0.2, 0.25) is 0 Å². The van der Waals surface area contributed by atoms with E-state index in [-0.39, 0.29) is 0 Å². The highest BCUT2D eigenvalue weighted by atomic mass is 14.9. The van der Waals surface area contributed by atoms with Crippen LogP contribution < -0.4 is 5.32 Å². The molecule has 0 heterocycles. The van der Waals surface area contributed by atoms with Crippen molar-refractivity contribution in [1.82, 2.24) is 5.32 Å². The van der Waals surface area contributed by atoms with E-state index in [1.54, 1.807) is 5.56 Å². The average molecular weight is 287 g/mol. The highest BCUT2D eigenvalue weighted by molar-refractivity contribution is 5.21. The van der Waals surface area contributed by atoms with Crippen LogP contribution in [0.3, 0.4) is 0 Å². The number of hydrogen-bond donors (Lipinski definition) is 1. The first-order chi connectivity index (χ1) is 10.1. The Labute approximate surface area is 131 Å². The predicted octanol–water partition coefficient (Wildman–Crippen LogP) is 5.09. The standard InChI is InChI=1S/C20H33N/c1-15(2)13-21-14-19-11-10-18(16(3)4)12-20(19)17-8-6-5-7-9-17/h5-9,15-16,18-21H,10-14H2,1-4H3. The minimum Gasteiger partial charge on any atom is -0.316 e. The summed E-state index contributed by atoms with van der Waals surface area (Å²) >= 11 is 0. The van der Waals surface area contributed by atoms with Gasteiger partial charge in [-0.2, -0.15) is 0 Å². The minimum atomic E-state index is 0.743. The van der Waals surface area contributed by atoms with Gasteiger partial charge in [-0.3, -0.25) is 0 Å². The van der Waals surface area contributed by atoms with Gasteiger partial charge in [-0.05, 0) is 67.5 Å². The van der Waals surface area contributed by atoms with E-state index in [0.717, 1.165) is 36.1 Å². The first kappa shape index (κ1) is 16.5. The summed E-state index contributed by atoms with van der Waals surface area (Å²) in [4.78, 5) is 0. The van der Waals surface area contributed by atoms with E-state index in [0.29, 0.717) is 0 Å². The molecule has 118 valence electrons. The normalized spacial score (nSPS) is 26.5. The second-order valence-electron chi connectivity index (χ2n) is 7.65. The van der Waals surface area contributed by atoms with Gasteiger partial charge >= 0.3 is 0 Å². The Morgan fingerprint density at radius 3 is 2.38 bits per heavy atom. The van der Waals surface area contributed by atoms with Crippen molar-refractivity contribution in [2.24, 2.45) is 23.7 Å². The zero-order valence-electron chi connectivity index (χ0n) is 14.3. The van der Waals surface area contributed by atoms with Gasteiger partial charge in [0.25, 0.3) is 0 Å². The topological polar surface area (TPSA) is 12.0 Å². The molecule has 1 aromatic rings. The van der Waals surface area contributed by atoms with E-state index < -0.39 is 0 Å². The fourth-order valence-corrected chi connectivity index (χ4v) is 3.78. The summed E-state index contributed by atoms with van der Waals surface area (Å²) < 4.78 is 0. The Balaban J connectivity index is 2.03. The molecule has 0 aromatic heterocycles. The molecule has 0 aliphatic heterocycles. The van der Waals surface area contributed by atoms with Crippen molar-refractivity contribution in [3.05, 3.63) is 35.9 Å². The van der Waals surface area contributed by atoms with Crippen LogP contribution in [-0.4, -0.2) is 13.1 Å². The molecule has 2 rings (SSSR count). The maximum absolute atomic E-state index is 3.70. The van der Waals surface area contributed by atoms with Crippen LogP contribution in [0.25, 0.3) is 0 Å². The van der Waals surface area contributed by atoms with Crippen molar-refractivity contribution in [3.8, 4) is 0 Å². The Morgan fingerprint density at radius 1 is 1.05 bits per heavy atom. The summed E-state index contributed by atoms with van der Waals surface area (Å²) in [5.41, 5.74) is 1.55. The maximum atomic E-state index is 3.70. The first-order valence-corrected chi connectivity index (χ1v) is 8.83. The van der Waals surface area contributed by atoms with Gasteiger partial charge < -0.3 is 5.32 Å². The van der Waals surface area contributed by atoms with Crippen LogP contribution in [-0.2, 0) is 0 Å². The highest BCUT2D eigenvalue weighted by Crippen LogP contribution is 2.42. The predicted molar refractivity (Wildman–Crippen MR) is 92.6 cm³/mol. The summed E-state index contributed by atoms with van der Waals surface area (Å²) in [6.45, 7) is 11.7. The molecule has 1 aliphatic rings. The number of rotatable bonds is 6. The van der Waals surface area contributed by atoms with Crippen molar-refractivity contribution in [2.75, 3.05) is 13.1 Å². The molecule has 1 N–H and O–H groups in total. The monoisotopic (exact) mass is 287 g/mol. The van der Waals surface area contributed by atoms with E-state index in [9.17, 15) is 0 Å². The average Bonchev–Trinajstić information content (AvgIpc) is 2.48. The SMILES string of the molecule is CC(C)CNCC1CCC(C(C)C)CC1c1ccccc1. The fourth-order valence-electron chi connectivity index (χ4n) is 3.78. The Morgan fingerprint density at radius 2 is 1.76 bits per heavy atom. The number of nitrogens with one attached hydrogen (secondary N) is 1. The summed E-state index contributed by atoms with van der Waals surface area (Å²) in [5.74, 6) is 4.01. The van der Waals surface area contributed by atoms with E-state index in [2.05, 4.69) is 63.3 Å². The lowest BCUT2D eigenvalue weighted by Crippen LogP contribution is -2.34. The lowest BCUT2D eigenvalue weighted by atomic mass is 9.68. The first-order valence-electron chi connectivity index (χ1n) is 8.83. The summed E-state index contributed by atoms with van der Waals surface area (Å²) in [6.07, 6.45) is 4.16. The van der Waals surface area contributed by atoms with Crippen LogP contribution in [0, 0.1) is 23.7 Å². The van der Waals surface area contributed by atoms with Gasteiger partial charge in [0.2, 0.25) is 0 Å². The van der Waals surface area contributed by atoms with Crippen LogP contribution in [0.15, 0.2) is 30.3 Å². The van der Waals surface area contributed by atoms with Crippen molar-refractivity contribution in [1.29, 1.82) is 0 Å². The fraction of sp³-hybridized carbons (Fsp3) is 0.700. The van der Waals surface area contributed by atoms with Crippen LogP contribution in [0.1, 0.15) is 58.4 Å². The zero-order valence-corrected chi connectivity index (χ0v) is 14.3. The molecular formula is C20H33N. The molecule has 3 unspecified atom stereocenters. The molecule has 0 spiro atoms. The van der Waals surface area contributed by atoms with Crippen LogP contribution in [0.4, 0.5) is 0 Å². The molecule has 1 fully saturated rings. The van der Waals surface area contributed by atoms with E-state index in [1.807, 2.05) is 0 Å². The zero-order chi connectivity index (χ0) is 15.2. The van der Waals surface area contributed by atoms with Crippen LogP contribution in [0.5, 0.6) is 0 Å². The van der Waals surface area contributed by atoms with Gasteiger partial charge in [0.05, 0.1) is 0 Å². The van der Waals surface area contributed by atoms with Crippen molar-refractivity contribution in [2.45, 2.75) is 52.9 Å². The molecular weight excluding hydrogens is 254 g/mol. The molecule has 0 amide bonds. The molecule has 0 bridgehead atoms. The van der Waals surface area contributed by atoms with Gasteiger partial charge in [0.1, 0.15) is 0 Å². The van der Waals surface area contributed by atoms with Crippen molar-refractivity contribution in [3.63, 3.8) is 0 Å². The molecule has 1 saturated carbocycles. The minimum absolute atomic E-state index is 0.743. The second kappa shape index (κ2) is 7.98. The molecule has 1 aliphatic carbocycles.